The molecule has 0 radical (unpaired) electrons. The Morgan fingerprint density at radius 1 is 1.20 bits per heavy atom. The first-order valence-electron chi connectivity index (χ1n) is 9.68. The molecular formula is C21H26N2O6S. The maximum atomic E-state index is 12.6. The minimum absolute atomic E-state index is 0.0816. The number of benzene rings is 2. The van der Waals surface area contributed by atoms with Gasteiger partial charge >= 0.3 is 0 Å². The van der Waals surface area contributed by atoms with Crippen LogP contribution in [0.5, 0.6) is 17.2 Å². The zero-order valence-electron chi connectivity index (χ0n) is 17.3. The highest BCUT2D eigenvalue weighted by Crippen LogP contribution is 2.36. The molecule has 2 aromatic carbocycles. The highest BCUT2D eigenvalue weighted by Gasteiger charge is 2.26. The molecule has 0 bridgehead atoms. The van der Waals surface area contributed by atoms with Gasteiger partial charge in [0.25, 0.3) is 0 Å². The zero-order valence-corrected chi connectivity index (χ0v) is 18.1. The molecule has 0 spiro atoms. The molecule has 1 N–H and O–H groups in total. The molecule has 1 heterocycles. The van der Waals surface area contributed by atoms with Gasteiger partial charge in [0, 0.05) is 6.07 Å². The summed E-state index contributed by atoms with van der Waals surface area (Å²) in [6.45, 7) is 5.28. The number of carbonyl (C=O) groups is 1. The molecule has 1 aliphatic heterocycles. The SMILES string of the molecule is CCS(=O)(=O)N(CC(=O)N[C@H](C)COc1ccccc1C)c1ccc2c(c1)OCO2. The third-order valence-electron chi connectivity index (χ3n) is 4.62. The van der Waals surface area contributed by atoms with Crippen LogP contribution < -0.4 is 23.8 Å². The van der Waals surface area contributed by atoms with Crippen molar-refractivity contribution in [2.75, 3.05) is 30.0 Å². The van der Waals surface area contributed by atoms with Gasteiger partial charge in [-0.05, 0) is 44.5 Å². The Morgan fingerprint density at radius 2 is 1.93 bits per heavy atom. The number of amides is 1. The van der Waals surface area contributed by atoms with Gasteiger partial charge in [0.2, 0.25) is 22.7 Å². The summed E-state index contributed by atoms with van der Waals surface area (Å²) in [6.07, 6.45) is 0. The first-order chi connectivity index (χ1) is 14.3. The predicted molar refractivity (Wildman–Crippen MR) is 114 cm³/mol. The molecule has 9 heteroatoms. The van der Waals surface area contributed by atoms with Crippen molar-refractivity contribution in [1.29, 1.82) is 0 Å². The molecule has 3 rings (SSSR count). The summed E-state index contributed by atoms with van der Waals surface area (Å²) in [5, 5.41) is 2.79. The molecule has 0 saturated carbocycles. The smallest absolute Gasteiger partial charge is 0.241 e. The Balaban J connectivity index is 1.65. The van der Waals surface area contributed by atoms with E-state index in [1.165, 1.54) is 6.92 Å². The number of nitrogens with one attached hydrogen (secondary N) is 1. The third-order valence-corrected chi connectivity index (χ3v) is 6.36. The van der Waals surface area contributed by atoms with Gasteiger partial charge < -0.3 is 19.5 Å². The summed E-state index contributed by atoms with van der Waals surface area (Å²) < 4.78 is 42.7. The quantitative estimate of drug-likeness (QED) is 0.652. The van der Waals surface area contributed by atoms with Crippen molar-refractivity contribution in [1.82, 2.24) is 5.32 Å². The number of para-hydroxylation sites is 1. The van der Waals surface area contributed by atoms with Crippen LogP contribution in [0.2, 0.25) is 0 Å². The van der Waals surface area contributed by atoms with Crippen LogP contribution in [0, 0.1) is 6.92 Å². The standard InChI is InChI=1S/C21H26N2O6S/c1-4-30(25,26)23(17-9-10-19-20(11-17)29-14-28-19)12-21(24)22-16(3)13-27-18-8-6-5-7-15(18)2/h5-11,16H,4,12-14H2,1-3H3,(H,22,24)/t16-/m1/s1. The van der Waals surface area contributed by atoms with Crippen LogP contribution in [0.15, 0.2) is 42.5 Å². The topological polar surface area (TPSA) is 94.2 Å². The Kier molecular flexibility index (Phi) is 6.71. The number of rotatable bonds is 9. The van der Waals surface area contributed by atoms with Crippen molar-refractivity contribution in [3.8, 4) is 17.2 Å². The van der Waals surface area contributed by atoms with E-state index in [1.54, 1.807) is 25.1 Å². The fourth-order valence-electron chi connectivity index (χ4n) is 2.97. The number of anilines is 1. The van der Waals surface area contributed by atoms with Crippen LogP contribution in [-0.2, 0) is 14.8 Å². The van der Waals surface area contributed by atoms with Crippen LogP contribution >= 0.6 is 0 Å². The van der Waals surface area contributed by atoms with Gasteiger partial charge in [-0.2, -0.15) is 0 Å². The Morgan fingerprint density at radius 3 is 2.67 bits per heavy atom. The number of aryl methyl sites for hydroxylation is 1. The monoisotopic (exact) mass is 434 g/mol. The van der Waals surface area contributed by atoms with E-state index in [9.17, 15) is 13.2 Å². The van der Waals surface area contributed by atoms with E-state index in [1.807, 2.05) is 31.2 Å². The Hall–Kier alpha value is -2.94. The summed E-state index contributed by atoms with van der Waals surface area (Å²) in [6, 6.07) is 12.1. The largest absolute Gasteiger partial charge is 0.491 e. The number of hydrogen-bond donors (Lipinski definition) is 1. The summed E-state index contributed by atoms with van der Waals surface area (Å²) >= 11 is 0. The van der Waals surface area contributed by atoms with Crippen LogP contribution in [0.4, 0.5) is 5.69 Å². The van der Waals surface area contributed by atoms with Gasteiger partial charge in [0.1, 0.15) is 18.9 Å². The maximum absolute atomic E-state index is 12.6. The predicted octanol–water partition coefficient (Wildman–Crippen LogP) is 2.46. The first kappa shape index (κ1) is 21.8. The molecule has 2 aromatic rings. The molecule has 0 unspecified atom stereocenters. The van der Waals surface area contributed by atoms with E-state index >= 15 is 0 Å². The van der Waals surface area contributed by atoms with Crippen LogP contribution in [0.3, 0.4) is 0 Å². The summed E-state index contributed by atoms with van der Waals surface area (Å²) in [7, 11) is -3.68. The van der Waals surface area contributed by atoms with Gasteiger partial charge in [-0.15, -0.1) is 0 Å². The fourth-order valence-corrected chi connectivity index (χ4v) is 4.03. The normalized spacial score (nSPS) is 13.6. The van der Waals surface area contributed by atoms with Crippen molar-refractivity contribution in [2.24, 2.45) is 0 Å². The molecule has 1 atom stereocenters. The Bertz CT molecular complexity index is 1010. The number of hydrogen-bond acceptors (Lipinski definition) is 6. The van der Waals surface area contributed by atoms with Crippen LogP contribution in [0.25, 0.3) is 0 Å². The lowest BCUT2D eigenvalue weighted by atomic mass is 10.2. The highest BCUT2D eigenvalue weighted by molar-refractivity contribution is 7.92. The van der Waals surface area contributed by atoms with E-state index in [2.05, 4.69) is 5.32 Å². The highest BCUT2D eigenvalue weighted by atomic mass is 32.2. The zero-order chi connectivity index (χ0) is 21.7. The number of fused-ring (bicyclic) bond motifs is 1. The molecule has 0 fully saturated rings. The maximum Gasteiger partial charge on any atom is 0.241 e. The molecule has 30 heavy (non-hydrogen) atoms. The van der Waals surface area contributed by atoms with E-state index in [0.29, 0.717) is 17.2 Å². The lowest BCUT2D eigenvalue weighted by molar-refractivity contribution is -0.120. The van der Waals surface area contributed by atoms with E-state index in [4.69, 9.17) is 14.2 Å². The molecule has 0 aliphatic carbocycles. The number of carbonyl (C=O) groups excluding carboxylic acids is 1. The lowest BCUT2D eigenvalue weighted by Crippen LogP contribution is -2.45. The molecule has 8 nitrogen and oxygen atoms in total. The van der Waals surface area contributed by atoms with Crippen LogP contribution in [0.1, 0.15) is 19.4 Å². The number of sulfonamides is 1. The second-order valence-corrected chi connectivity index (χ2v) is 9.17. The fraction of sp³-hybridized carbons (Fsp3) is 0.381. The van der Waals surface area contributed by atoms with E-state index in [0.717, 1.165) is 15.6 Å². The number of nitrogens with zero attached hydrogens (tertiary/aromatic N) is 1. The van der Waals surface area contributed by atoms with E-state index in [-0.39, 0.29) is 31.7 Å². The van der Waals surface area contributed by atoms with Gasteiger partial charge in [-0.3, -0.25) is 9.10 Å². The van der Waals surface area contributed by atoms with Gasteiger partial charge in [-0.1, -0.05) is 18.2 Å². The van der Waals surface area contributed by atoms with Gasteiger partial charge in [0.05, 0.1) is 17.5 Å². The van der Waals surface area contributed by atoms with Crippen molar-refractivity contribution in [2.45, 2.75) is 26.8 Å². The first-order valence-corrected chi connectivity index (χ1v) is 11.3. The third kappa shape index (κ3) is 5.15. The summed E-state index contributed by atoms with van der Waals surface area (Å²) in [4.78, 5) is 12.6. The average molecular weight is 435 g/mol. The summed E-state index contributed by atoms with van der Waals surface area (Å²) in [5.74, 6) is 1.17. The Labute approximate surface area is 176 Å². The van der Waals surface area contributed by atoms with Crippen LogP contribution in [-0.4, -0.2) is 46.1 Å². The van der Waals surface area contributed by atoms with Gasteiger partial charge in [0.15, 0.2) is 11.5 Å². The van der Waals surface area contributed by atoms with E-state index < -0.39 is 15.9 Å². The molecular weight excluding hydrogens is 408 g/mol. The summed E-state index contributed by atoms with van der Waals surface area (Å²) in [5.41, 5.74) is 1.35. The minimum atomic E-state index is -3.68. The van der Waals surface area contributed by atoms with Crippen molar-refractivity contribution < 1.29 is 27.4 Å². The second kappa shape index (κ2) is 9.25. The van der Waals surface area contributed by atoms with Crippen molar-refractivity contribution in [3.63, 3.8) is 0 Å². The van der Waals surface area contributed by atoms with Gasteiger partial charge in [-0.25, -0.2) is 8.42 Å². The number of ether oxygens (including phenoxy) is 3. The van der Waals surface area contributed by atoms with Crippen molar-refractivity contribution in [3.05, 3.63) is 48.0 Å². The molecule has 0 aromatic heterocycles. The molecule has 162 valence electrons. The minimum Gasteiger partial charge on any atom is -0.491 e. The molecule has 1 aliphatic rings. The lowest BCUT2D eigenvalue weighted by Gasteiger charge is -2.24. The molecule has 0 saturated heterocycles. The van der Waals surface area contributed by atoms with Crippen molar-refractivity contribution >= 4 is 21.6 Å². The second-order valence-electron chi connectivity index (χ2n) is 6.99. The molecule has 1 amide bonds. The average Bonchev–Trinajstić information content (AvgIpc) is 3.19.